The first-order valence-corrected chi connectivity index (χ1v) is 6.10. The van der Waals surface area contributed by atoms with Crippen molar-refractivity contribution in [3.63, 3.8) is 0 Å². The van der Waals surface area contributed by atoms with E-state index in [-0.39, 0.29) is 24.4 Å². The lowest BCUT2D eigenvalue weighted by atomic mass is 10.1. The minimum atomic E-state index is -0.561. The molecular weight excluding hydrogens is 258 g/mol. The van der Waals surface area contributed by atoms with E-state index in [1.165, 1.54) is 10.7 Å². The smallest absolute Gasteiger partial charge is 0.356 e. The maximum absolute atomic E-state index is 11.8. The predicted molar refractivity (Wildman–Crippen MR) is 71.3 cm³/mol. The van der Waals surface area contributed by atoms with Gasteiger partial charge < -0.3 is 4.74 Å². The van der Waals surface area contributed by atoms with Crippen LogP contribution in [0.5, 0.6) is 0 Å². The number of hydrogen-bond acceptors (Lipinski definition) is 4. The van der Waals surface area contributed by atoms with Crippen LogP contribution in [-0.2, 0) is 11.3 Å². The number of esters is 1. The molecule has 20 heavy (non-hydrogen) atoms. The number of ether oxygens (including phenoxy) is 1. The summed E-state index contributed by atoms with van der Waals surface area (Å²) in [6.07, 6.45) is 0. The van der Waals surface area contributed by atoms with Gasteiger partial charge in [-0.1, -0.05) is 12.1 Å². The monoisotopic (exact) mass is 271 g/mol. The van der Waals surface area contributed by atoms with Crippen LogP contribution in [-0.4, -0.2) is 22.4 Å². The van der Waals surface area contributed by atoms with E-state index >= 15 is 0 Å². The second kappa shape index (κ2) is 5.89. The Labute approximate surface area is 115 Å². The molecule has 0 unspecified atom stereocenters. The third kappa shape index (κ3) is 2.95. The van der Waals surface area contributed by atoms with Crippen LogP contribution in [0.3, 0.4) is 0 Å². The lowest BCUT2D eigenvalue weighted by molar-refractivity contribution is 0.0518. The highest BCUT2D eigenvalue weighted by Gasteiger charge is 2.12. The van der Waals surface area contributed by atoms with Crippen molar-refractivity contribution in [1.82, 2.24) is 9.78 Å². The summed E-state index contributed by atoms with van der Waals surface area (Å²) in [7, 11) is 0. The molecule has 0 aliphatic rings. The van der Waals surface area contributed by atoms with Crippen molar-refractivity contribution >= 4 is 5.97 Å². The number of nitrogens with one attached hydrogen (secondary N) is 1. The maximum Gasteiger partial charge on any atom is 0.356 e. The fourth-order valence-electron chi connectivity index (χ4n) is 1.79. The molecule has 102 valence electrons. The Morgan fingerprint density at radius 1 is 1.45 bits per heavy atom. The van der Waals surface area contributed by atoms with Gasteiger partial charge in [0.1, 0.15) is 5.69 Å². The topological polar surface area (TPSA) is 87.9 Å². The minimum Gasteiger partial charge on any atom is -0.461 e. The number of carbonyl (C=O) groups is 1. The first-order chi connectivity index (χ1) is 9.63. The van der Waals surface area contributed by atoms with Gasteiger partial charge in [0.2, 0.25) is 0 Å². The van der Waals surface area contributed by atoms with Crippen LogP contribution in [0.1, 0.15) is 28.5 Å². The quantitative estimate of drug-likeness (QED) is 0.848. The van der Waals surface area contributed by atoms with E-state index in [0.29, 0.717) is 5.56 Å². The summed E-state index contributed by atoms with van der Waals surface area (Å²) in [5.74, 6) is -0.561. The number of H-pyrrole nitrogens is 1. The summed E-state index contributed by atoms with van der Waals surface area (Å²) in [6.45, 7) is 2.20. The second-order valence-corrected chi connectivity index (χ2v) is 4.13. The second-order valence-electron chi connectivity index (χ2n) is 4.13. The lowest BCUT2D eigenvalue weighted by Crippen LogP contribution is -2.16. The van der Waals surface area contributed by atoms with Crippen LogP contribution >= 0.6 is 0 Å². The van der Waals surface area contributed by atoms with Crippen molar-refractivity contribution in [2.75, 3.05) is 6.61 Å². The van der Waals surface area contributed by atoms with Crippen LogP contribution in [0.25, 0.3) is 0 Å². The van der Waals surface area contributed by atoms with Gasteiger partial charge in [0, 0.05) is 6.07 Å². The number of aromatic amines is 1. The van der Waals surface area contributed by atoms with Gasteiger partial charge in [-0.2, -0.15) is 5.26 Å². The highest BCUT2D eigenvalue weighted by molar-refractivity contribution is 5.86. The van der Waals surface area contributed by atoms with Crippen LogP contribution < -0.4 is 5.56 Å². The fraction of sp³-hybridized carbons (Fsp3) is 0.214. The normalized spacial score (nSPS) is 10.0. The summed E-state index contributed by atoms with van der Waals surface area (Å²) < 4.78 is 6.11. The number of carbonyl (C=O) groups excluding carboxylic acids is 1. The van der Waals surface area contributed by atoms with Crippen LogP contribution in [0, 0.1) is 11.3 Å². The van der Waals surface area contributed by atoms with Gasteiger partial charge in [-0.15, -0.1) is 0 Å². The van der Waals surface area contributed by atoms with Gasteiger partial charge in [-0.25, -0.2) is 9.48 Å². The lowest BCUT2D eigenvalue weighted by Gasteiger charge is -2.03. The summed E-state index contributed by atoms with van der Waals surface area (Å²) in [4.78, 5) is 23.3. The Balaban J connectivity index is 2.24. The highest BCUT2D eigenvalue weighted by Crippen LogP contribution is 2.05. The predicted octanol–water partition coefficient (Wildman–Crippen LogP) is 1.27. The molecule has 0 saturated carbocycles. The largest absolute Gasteiger partial charge is 0.461 e. The molecule has 0 fully saturated rings. The number of benzene rings is 1. The maximum atomic E-state index is 11.8. The molecule has 0 amide bonds. The zero-order chi connectivity index (χ0) is 14.5. The van der Waals surface area contributed by atoms with E-state index in [9.17, 15) is 9.59 Å². The SMILES string of the molecule is CCOC(=O)c1cc(=O)n(Cc2cccc(C#N)c2)[nH]1. The first-order valence-electron chi connectivity index (χ1n) is 6.10. The number of nitriles is 1. The average Bonchev–Trinajstić information content (AvgIpc) is 2.81. The highest BCUT2D eigenvalue weighted by atomic mass is 16.5. The molecule has 0 bridgehead atoms. The van der Waals surface area contributed by atoms with Gasteiger partial charge in [0.15, 0.2) is 0 Å². The summed E-state index contributed by atoms with van der Waals surface area (Å²) in [5.41, 5.74) is 1.11. The molecule has 0 aliphatic heterocycles. The standard InChI is InChI=1S/C14H13N3O3/c1-2-20-14(19)12-7-13(18)17(16-12)9-11-5-3-4-10(6-11)8-15/h3-7,16H,2,9H2,1H3. The van der Waals surface area contributed by atoms with Gasteiger partial charge in [0.05, 0.1) is 24.8 Å². The number of hydrogen-bond donors (Lipinski definition) is 1. The zero-order valence-electron chi connectivity index (χ0n) is 10.9. The van der Waals surface area contributed by atoms with Crippen molar-refractivity contribution in [3.05, 3.63) is 57.5 Å². The Kier molecular flexibility index (Phi) is 4.01. The molecule has 0 spiro atoms. The summed E-state index contributed by atoms with van der Waals surface area (Å²) >= 11 is 0. The van der Waals surface area contributed by atoms with Crippen molar-refractivity contribution in [3.8, 4) is 6.07 Å². The van der Waals surface area contributed by atoms with E-state index in [2.05, 4.69) is 5.10 Å². The molecular formula is C14H13N3O3. The van der Waals surface area contributed by atoms with E-state index < -0.39 is 5.97 Å². The summed E-state index contributed by atoms with van der Waals surface area (Å²) in [5, 5.41) is 11.5. The Morgan fingerprint density at radius 2 is 2.25 bits per heavy atom. The summed E-state index contributed by atoms with van der Waals surface area (Å²) in [6, 6.07) is 10.2. The molecule has 1 aromatic heterocycles. The molecule has 0 radical (unpaired) electrons. The minimum absolute atomic E-state index is 0.119. The van der Waals surface area contributed by atoms with Gasteiger partial charge in [-0.05, 0) is 24.6 Å². The zero-order valence-corrected chi connectivity index (χ0v) is 10.9. The molecule has 0 aliphatic carbocycles. The molecule has 0 saturated heterocycles. The van der Waals surface area contributed by atoms with Crippen molar-refractivity contribution in [2.24, 2.45) is 0 Å². The molecule has 1 N–H and O–H groups in total. The molecule has 1 aromatic carbocycles. The number of nitrogens with zero attached hydrogens (tertiary/aromatic N) is 2. The average molecular weight is 271 g/mol. The van der Waals surface area contributed by atoms with Crippen LogP contribution in [0.15, 0.2) is 35.1 Å². The van der Waals surface area contributed by atoms with Gasteiger partial charge >= 0.3 is 5.97 Å². The Bertz CT molecular complexity index is 722. The molecule has 6 nitrogen and oxygen atoms in total. The van der Waals surface area contributed by atoms with E-state index in [4.69, 9.17) is 10.00 Å². The molecule has 2 aromatic rings. The molecule has 0 atom stereocenters. The first kappa shape index (κ1) is 13.6. The van der Waals surface area contributed by atoms with Gasteiger partial charge in [0.25, 0.3) is 5.56 Å². The number of rotatable bonds is 4. The van der Waals surface area contributed by atoms with Crippen molar-refractivity contribution < 1.29 is 9.53 Å². The Hall–Kier alpha value is -2.81. The van der Waals surface area contributed by atoms with E-state index in [0.717, 1.165) is 5.56 Å². The fourth-order valence-corrected chi connectivity index (χ4v) is 1.79. The Morgan fingerprint density at radius 3 is 2.95 bits per heavy atom. The van der Waals surface area contributed by atoms with Crippen LogP contribution in [0.4, 0.5) is 0 Å². The molecule has 1 heterocycles. The third-order valence-corrected chi connectivity index (χ3v) is 2.68. The van der Waals surface area contributed by atoms with Crippen molar-refractivity contribution in [2.45, 2.75) is 13.5 Å². The van der Waals surface area contributed by atoms with Crippen LogP contribution in [0.2, 0.25) is 0 Å². The number of aromatic nitrogens is 2. The van der Waals surface area contributed by atoms with Crippen molar-refractivity contribution in [1.29, 1.82) is 5.26 Å². The molecule has 6 heteroatoms. The van der Waals surface area contributed by atoms with Gasteiger partial charge in [-0.3, -0.25) is 9.89 Å². The van der Waals surface area contributed by atoms with E-state index in [1.54, 1.807) is 31.2 Å². The molecule has 2 rings (SSSR count). The third-order valence-electron chi connectivity index (χ3n) is 2.68. The van der Waals surface area contributed by atoms with E-state index in [1.807, 2.05) is 6.07 Å².